The van der Waals surface area contributed by atoms with Gasteiger partial charge in [-0.3, -0.25) is 14.7 Å². The van der Waals surface area contributed by atoms with Crippen LogP contribution in [0.15, 0.2) is 59.6 Å². The van der Waals surface area contributed by atoms with E-state index in [-0.39, 0.29) is 18.5 Å². The summed E-state index contributed by atoms with van der Waals surface area (Å²) in [5.41, 5.74) is 2.43. The van der Waals surface area contributed by atoms with Gasteiger partial charge in [-0.05, 0) is 55.6 Å². The van der Waals surface area contributed by atoms with Crippen molar-refractivity contribution in [3.63, 3.8) is 0 Å². The molecule has 0 aliphatic carbocycles. The summed E-state index contributed by atoms with van der Waals surface area (Å²) in [6.45, 7) is 3.66. The minimum atomic E-state index is -0.0484. The average Bonchev–Trinajstić information content (AvgIpc) is 3.36. The van der Waals surface area contributed by atoms with Gasteiger partial charge >= 0.3 is 0 Å². The standard InChI is InChI=1S/C25H35N5O2/c1-26-25(29-19-24(31)27-14-13-20-9-4-3-5-10-20)28-18-23(30-15-6-7-16-30)21-11-8-12-22(17-21)32-2/h3-5,8-12,17,23H,6-7,13-16,18-19H2,1-2H3,(H,27,31)(H2,26,28,29). The maximum Gasteiger partial charge on any atom is 0.239 e. The van der Waals surface area contributed by atoms with E-state index in [0.717, 1.165) is 25.3 Å². The SMILES string of the molecule is CN=C(NCC(=O)NCCc1ccccc1)NCC(c1cccc(OC)c1)N1CCCC1. The predicted molar refractivity (Wildman–Crippen MR) is 129 cm³/mol. The smallest absolute Gasteiger partial charge is 0.239 e. The summed E-state index contributed by atoms with van der Waals surface area (Å²) in [5, 5.41) is 9.47. The van der Waals surface area contributed by atoms with Crippen LogP contribution in [0.3, 0.4) is 0 Å². The Morgan fingerprint density at radius 1 is 1.06 bits per heavy atom. The van der Waals surface area contributed by atoms with Gasteiger partial charge in [-0.15, -0.1) is 0 Å². The van der Waals surface area contributed by atoms with E-state index in [1.807, 2.05) is 30.3 Å². The molecule has 1 unspecified atom stereocenters. The summed E-state index contributed by atoms with van der Waals surface area (Å²) in [6.07, 6.45) is 3.25. The zero-order chi connectivity index (χ0) is 22.6. The molecule has 7 nitrogen and oxygen atoms in total. The van der Waals surface area contributed by atoms with Crippen molar-refractivity contribution < 1.29 is 9.53 Å². The molecule has 7 heteroatoms. The Balaban J connectivity index is 1.48. The number of aliphatic imine (C=N–C) groups is 1. The molecule has 0 spiro atoms. The third kappa shape index (κ3) is 7.27. The number of ether oxygens (including phenoxy) is 1. The Labute approximate surface area is 191 Å². The van der Waals surface area contributed by atoms with Crippen molar-refractivity contribution in [1.82, 2.24) is 20.9 Å². The molecule has 0 aromatic heterocycles. The first kappa shape index (κ1) is 23.6. The van der Waals surface area contributed by atoms with Crippen LogP contribution in [0, 0.1) is 0 Å². The molecule has 1 amide bonds. The van der Waals surface area contributed by atoms with Crippen molar-refractivity contribution in [2.75, 3.05) is 46.9 Å². The lowest BCUT2D eigenvalue weighted by Gasteiger charge is -2.29. The maximum atomic E-state index is 12.2. The quantitative estimate of drug-likeness (QED) is 0.393. The Morgan fingerprint density at radius 3 is 2.56 bits per heavy atom. The van der Waals surface area contributed by atoms with Crippen LogP contribution in [0.1, 0.15) is 30.0 Å². The molecule has 32 heavy (non-hydrogen) atoms. The number of benzene rings is 2. The Kier molecular flexibility index (Phi) is 9.37. The molecule has 0 bridgehead atoms. The van der Waals surface area contributed by atoms with E-state index in [2.05, 4.69) is 50.1 Å². The van der Waals surface area contributed by atoms with E-state index in [0.29, 0.717) is 19.0 Å². The number of hydrogen-bond acceptors (Lipinski definition) is 4. The first-order chi connectivity index (χ1) is 15.7. The van der Waals surface area contributed by atoms with E-state index in [1.165, 1.54) is 24.0 Å². The van der Waals surface area contributed by atoms with E-state index in [4.69, 9.17) is 4.74 Å². The fraction of sp³-hybridized carbons (Fsp3) is 0.440. The van der Waals surface area contributed by atoms with Crippen LogP contribution in [-0.4, -0.2) is 63.6 Å². The molecular weight excluding hydrogens is 402 g/mol. The largest absolute Gasteiger partial charge is 0.497 e. The van der Waals surface area contributed by atoms with Gasteiger partial charge in [-0.1, -0.05) is 42.5 Å². The molecule has 1 fully saturated rings. The van der Waals surface area contributed by atoms with Gasteiger partial charge in [0.15, 0.2) is 5.96 Å². The van der Waals surface area contributed by atoms with Gasteiger partial charge in [0.1, 0.15) is 5.75 Å². The lowest BCUT2D eigenvalue weighted by Crippen LogP contribution is -2.46. The van der Waals surface area contributed by atoms with Crippen molar-refractivity contribution in [2.24, 2.45) is 4.99 Å². The number of carbonyl (C=O) groups excluding carboxylic acids is 1. The highest BCUT2D eigenvalue weighted by Crippen LogP contribution is 2.27. The van der Waals surface area contributed by atoms with E-state index in [9.17, 15) is 4.79 Å². The molecule has 1 heterocycles. The molecule has 1 atom stereocenters. The number of carbonyl (C=O) groups is 1. The highest BCUT2D eigenvalue weighted by Gasteiger charge is 2.24. The number of likely N-dealkylation sites (tertiary alicyclic amines) is 1. The maximum absolute atomic E-state index is 12.2. The van der Waals surface area contributed by atoms with Crippen molar-refractivity contribution in [2.45, 2.75) is 25.3 Å². The number of rotatable bonds is 10. The lowest BCUT2D eigenvalue weighted by atomic mass is 10.1. The first-order valence-electron chi connectivity index (χ1n) is 11.3. The highest BCUT2D eigenvalue weighted by atomic mass is 16.5. The van der Waals surface area contributed by atoms with Crippen molar-refractivity contribution in [1.29, 1.82) is 0 Å². The van der Waals surface area contributed by atoms with Crippen molar-refractivity contribution >= 4 is 11.9 Å². The number of nitrogens with zero attached hydrogens (tertiary/aromatic N) is 2. The number of nitrogens with one attached hydrogen (secondary N) is 3. The second kappa shape index (κ2) is 12.7. The third-order valence-corrected chi connectivity index (χ3v) is 5.74. The van der Waals surface area contributed by atoms with Crippen LogP contribution in [0.2, 0.25) is 0 Å². The fourth-order valence-electron chi connectivity index (χ4n) is 3.99. The van der Waals surface area contributed by atoms with Crippen LogP contribution in [-0.2, 0) is 11.2 Å². The molecule has 1 aliphatic rings. The van der Waals surface area contributed by atoms with Gasteiger partial charge in [-0.25, -0.2) is 0 Å². The fourth-order valence-corrected chi connectivity index (χ4v) is 3.99. The molecule has 3 N–H and O–H groups in total. The Morgan fingerprint density at radius 2 is 1.84 bits per heavy atom. The molecule has 1 aliphatic heterocycles. The van der Waals surface area contributed by atoms with Gasteiger partial charge in [0.05, 0.1) is 19.7 Å². The second-order valence-electron chi connectivity index (χ2n) is 7.93. The molecular formula is C25H35N5O2. The molecule has 3 rings (SSSR count). The first-order valence-corrected chi connectivity index (χ1v) is 11.3. The topological polar surface area (TPSA) is 78.0 Å². The van der Waals surface area contributed by atoms with Crippen LogP contribution in [0.4, 0.5) is 0 Å². The van der Waals surface area contributed by atoms with Gasteiger partial charge in [0.25, 0.3) is 0 Å². The average molecular weight is 438 g/mol. The predicted octanol–water partition coefficient (Wildman–Crippen LogP) is 2.36. The summed E-state index contributed by atoms with van der Waals surface area (Å²) in [7, 11) is 3.41. The highest BCUT2D eigenvalue weighted by molar-refractivity contribution is 5.86. The van der Waals surface area contributed by atoms with Crippen molar-refractivity contribution in [3.8, 4) is 5.75 Å². The minimum Gasteiger partial charge on any atom is -0.497 e. The third-order valence-electron chi connectivity index (χ3n) is 5.74. The van der Waals surface area contributed by atoms with Crippen LogP contribution in [0.5, 0.6) is 5.75 Å². The monoisotopic (exact) mass is 437 g/mol. The van der Waals surface area contributed by atoms with E-state index >= 15 is 0 Å². The van der Waals surface area contributed by atoms with Gasteiger partial charge in [-0.2, -0.15) is 0 Å². The van der Waals surface area contributed by atoms with Gasteiger partial charge in [0.2, 0.25) is 5.91 Å². The van der Waals surface area contributed by atoms with Crippen LogP contribution >= 0.6 is 0 Å². The number of amides is 1. The summed E-state index contributed by atoms with van der Waals surface area (Å²) in [4.78, 5) is 19.0. The van der Waals surface area contributed by atoms with Crippen LogP contribution < -0.4 is 20.7 Å². The Hall–Kier alpha value is -3.06. The molecule has 172 valence electrons. The summed E-state index contributed by atoms with van der Waals surface area (Å²) in [5.74, 6) is 1.43. The summed E-state index contributed by atoms with van der Waals surface area (Å²) >= 11 is 0. The lowest BCUT2D eigenvalue weighted by molar-refractivity contribution is -0.119. The molecule has 2 aromatic carbocycles. The molecule has 2 aromatic rings. The number of guanidine groups is 1. The minimum absolute atomic E-state index is 0.0484. The Bertz CT molecular complexity index is 866. The van der Waals surface area contributed by atoms with Crippen LogP contribution in [0.25, 0.3) is 0 Å². The second-order valence-corrected chi connectivity index (χ2v) is 7.93. The van der Waals surface area contributed by atoms with E-state index in [1.54, 1.807) is 14.2 Å². The summed E-state index contributed by atoms with van der Waals surface area (Å²) in [6, 6.07) is 18.6. The normalized spacial score (nSPS) is 15.2. The van der Waals surface area contributed by atoms with E-state index < -0.39 is 0 Å². The number of methoxy groups -OCH3 is 1. The van der Waals surface area contributed by atoms with Gasteiger partial charge in [0, 0.05) is 20.1 Å². The molecule has 0 radical (unpaired) electrons. The zero-order valence-electron chi connectivity index (χ0n) is 19.1. The zero-order valence-corrected chi connectivity index (χ0v) is 19.1. The molecule has 0 saturated carbocycles. The molecule has 1 saturated heterocycles. The summed E-state index contributed by atoms with van der Waals surface area (Å²) < 4.78 is 5.42. The van der Waals surface area contributed by atoms with Crippen molar-refractivity contribution in [3.05, 3.63) is 65.7 Å². The number of hydrogen-bond donors (Lipinski definition) is 3. The van der Waals surface area contributed by atoms with Gasteiger partial charge < -0.3 is 20.7 Å².